The Morgan fingerprint density at radius 1 is 1.04 bits per heavy atom. The molecule has 2 saturated heterocycles. The highest BCUT2D eigenvalue weighted by Gasteiger charge is 2.32. The predicted molar refractivity (Wildman–Crippen MR) is 80.1 cm³/mol. The molecular weight excluding hydrogens is 300 g/mol. The van der Waals surface area contributed by atoms with Crippen LogP contribution in [0, 0.1) is 5.92 Å². The van der Waals surface area contributed by atoms with Crippen molar-refractivity contribution in [2.75, 3.05) is 26.2 Å². The van der Waals surface area contributed by atoms with Crippen molar-refractivity contribution in [3.63, 3.8) is 0 Å². The van der Waals surface area contributed by atoms with Crippen LogP contribution in [0.15, 0.2) is 16.7 Å². The lowest BCUT2D eigenvalue weighted by molar-refractivity contribution is -0.135. The highest BCUT2D eigenvalue weighted by atomic mass is 16.4. The third-order valence-electron chi connectivity index (χ3n) is 4.61. The molecule has 23 heavy (non-hydrogen) atoms. The number of likely N-dealkylation sites (tertiary alicyclic amines) is 2. The minimum atomic E-state index is -1.12. The molecule has 0 bridgehead atoms. The van der Waals surface area contributed by atoms with Gasteiger partial charge >= 0.3 is 5.97 Å². The third kappa shape index (κ3) is 3.23. The molecule has 3 heterocycles. The number of nitrogens with zero attached hydrogens (tertiary/aromatic N) is 2. The molecule has 0 aromatic carbocycles. The van der Waals surface area contributed by atoms with Crippen molar-refractivity contribution in [2.24, 2.45) is 5.92 Å². The number of rotatable bonds is 3. The number of amides is 2. The van der Waals surface area contributed by atoms with Gasteiger partial charge in [-0.3, -0.25) is 9.59 Å². The topological polar surface area (TPSA) is 91.1 Å². The molecule has 0 radical (unpaired) electrons. The maximum atomic E-state index is 12.4. The van der Waals surface area contributed by atoms with Gasteiger partial charge in [-0.15, -0.1) is 0 Å². The van der Waals surface area contributed by atoms with Gasteiger partial charge in [-0.2, -0.15) is 0 Å². The van der Waals surface area contributed by atoms with Crippen molar-refractivity contribution in [2.45, 2.75) is 25.7 Å². The smallest absolute Gasteiger partial charge is 0.338 e. The Morgan fingerprint density at radius 2 is 1.70 bits per heavy atom. The van der Waals surface area contributed by atoms with E-state index in [9.17, 15) is 14.4 Å². The van der Waals surface area contributed by atoms with E-state index in [1.165, 1.54) is 6.07 Å². The number of piperidine rings is 1. The monoisotopic (exact) mass is 320 g/mol. The van der Waals surface area contributed by atoms with Gasteiger partial charge in [0.25, 0.3) is 5.91 Å². The summed E-state index contributed by atoms with van der Waals surface area (Å²) in [5, 5.41) is 8.86. The molecule has 7 heteroatoms. The van der Waals surface area contributed by atoms with Crippen molar-refractivity contribution in [3.8, 4) is 0 Å². The fraction of sp³-hybridized carbons (Fsp3) is 0.562. The molecule has 2 amide bonds. The van der Waals surface area contributed by atoms with Crippen molar-refractivity contribution in [3.05, 3.63) is 23.7 Å². The summed E-state index contributed by atoms with van der Waals surface area (Å²) in [5.41, 5.74) is -0.0348. The summed E-state index contributed by atoms with van der Waals surface area (Å²) in [4.78, 5) is 39.1. The average molecular weight is 320 g/mol. The zero-order chi connectivity index (χ0) is 16.4. The first-order valence-electron chi connectivity index (χ1n) is 7.96. The molecule has 1 aromatic heterocycles. The Balaban J connectivity index is 1.56. The number of carboxylic acids is 1. The molecule has 2 aliphatic rings. The second kappa shape index (κ2) is 6.44. The van der Waals surface area contributed by atoms with Gasteiger partial charge in [0.1, 0.15) is 6.26 Å². The molecule has 0 spiro atoms. The summed E-state index contributed by atoms with van der Waals surface area (Å²) in [5.74, 6) is -1.21. The van der Waals surface area contributed by atoms with Crippen LogP contribution >= 0.6 is 0 Å². The molecule has 7 nitrogen and oxygen atoms in total. The normalized spacial score (nSPS) is 19.1. The molecule has 0 unspecified atom stereocenters. The standard InChI is InChI=1S/C16H20N2O5/c19-14(17-5-1-2-6-17)11-3-7-18(8-4-11)15(20)13-9-12(10-23-13)16(21)22/h9-11H,1-8H2,(H,21,22). The Hall–Kier alpha value is -2.31. The van der Waals surface area contributed by atoms with E-state index in [0.29, 0.717) is 25.9 Å². The summed E-state index contributed by atoms with van der Waals surface area (Å²) >= 11 is 0. The third-order valence-corrected chi connectivity index (χ3v) is 4.61. The SMILES string of the molecule is O=C(O)c1coc(C(=O)N2CCC(C(=O)N3CCCC3)CC2)c1. The van der Waals surface area contributed by atoms with Gasteiger partial charge in [0.05, 0.1) is 5.56 Å². The first-order chi connectivity index (χ1) is 11.1. The molecule has 0 aliphatic carbocycles. The van der Waals surface area contributed by atoms with Crippen LogP contribution < -0.4 is 0 Å². The summed E-state index contributed by atoms with van der Waals surface area (Å²) in [6, 6.07) is 1.24. The maximum Gasteiger partial charge on any atom is 0.338 e. The van der Waals surface area contributed by atoms with E-state index in [1.807, 2.05) is 4.90 Å². The molecular formula is C16H20N2O5. The van der Waals surface area contributed by atoms with E-state index in [-0.39, 0.29) is 29.1 Å². The van der Waals surface area contributed by atoms with Gasteiger partial charge < -0.3 is 19.3 Å². The Bertz CT molecular complexity index is 610. The number of carbonyl (C=O) groups is 3. The van der Waals surface area contributed by atoms with Gasteiger partial charge in [0.15, 0.2) is 5.76 Å². The van der Waals surface area contributed by atoms with Crippen LogP contribution in [-0.2, 0) is 4.79 Å². The number of hydrogen-bond acceptors (Lipinski definition) is 4. The van der Waals surface area contributed by atoms with Crippen LogP contribution in [0.25, 0.3) is 0 Å². The first kappa shape index (κ1) is 15.6. The maximum absolute atomic E-state index is 12.4. The van der Waals surface area contributed by atoms with Gasteiger partial charge in [-0.1, -0.05) is 0 Å². The number of hydrogen-bond donors (Lipinski definition) is 1. The largest absolute Gasteiger partial charge is 0.478 e. The van der Waals surface area contributed by atoms with E-state index in [4.69, 9.17) is 9.52 Å². The first-order valence-corrected chi connectivity index (χ1v) is 7.96. The highest BCUT2D eigenvalue weighted by molar-refractivity contribution is 5.95. The van der Waals surface area contributed by atoms with Gasteiger partial charge in [-0.05, 0) is 25.7 Å². The average Bonchev–Trinajstić information content (AvgIpc) is 3.25. The molecule has 0 saturated carbocycles. The lowest BCUT2D eigenvalue weighted by atomic mass is 9.95. The second-order valence-electron chi connectivity index (χ2n) is 6.10. The Morgan fingerprint density at radius 3 is 2.26 bits per heavy atom. The molecule has 2 aliphatic heterocycles. The van der Waals surface area contributed by atoms with E-state index >= 15 is 0 Å². The quantitative estimate of drug-likeness (QED) is 0.910. The van der Waals surface area contributed by atoms with Crippen LogP contribution in [-0.4, -0.2) is 58.9 Å². The highest BCUT2D eigenvalue weighted by Crippen LogP contribution is 2.23. The molecule has 0 atom stereocenters. The van der Waals surface area contributed by atoms with Gasteiger partial charge in [0, 0.05) is 38.2 Å². The van der Waals surface area contributed by atoms with Crippen LogP contribution in [0.2, 0.25) is 0 Å². The van der Waals surface area contributed by atoms with Crippen molar-refractivity contribution < 1.29 is 23.9 Å². The molecule has 1 aromatic rings. The number of furan rings is 1. The summed E-state index contributed by atoms with van der Waals surface area (Å²) in [6.07, 6.45) is 4.52. The number of carboxylic acid groups (broad SMARTS) is 1. The second-order valence-corrected chi connectivity index (χ2v) is 6.10. The predicted octanol–water partition coefficient (Wildman–Crippen LogP) is 1.45. The van der Waals surface area contributed by atoms with Crippen molar-refractivity contribution in [1.82, 2.24) is 9.80 Å². The van der Waals surface area contributed by atoms with Gasteiger partial charge in [0.2, 0.25) is 5.91 Å². The number of carbonyl (C=O) groups excluding carboxylic acids is 2. The lowest BCUT2D eigenvalue weighted by Crippen LogP contribution is -2.43. The zero-order valence-corrected chi connectivity index (χ0v) is 12.9. The van der Waals surface area contributed by atoms with E-state index in [1.54, 1.807) is 4.90 Å². The van der Waals surface area contributed by atoms with Gasteiger partial charge in [-0.25, -0.2) is 4.79 Å². The lowest BCUT2D eigenvalue weighted by Gasteiger charge is -2.32. The van der Waals surface area contributed by atoms with Crippen molar-refractivity contribution in [1.29, 1.82) is 0 Å². The van der Waals surface area contributed by atoms with E-state index in [0.717, 1.165) is 32.2 Å². The summed E-state index contributed by atoms with van der Waals surface area (Å²) in [6.45, 7) is 2.68. The Kier molecular flexibility index (Phi) is 4.36. The molecule has 1 N–H and O–H groups in total. The molecule has 124 valence electrons. The number of aromatic carboxylic acids is 1. The summed E-state index contributed by atoms with van der Waals surface area (Å²) in [7, 11) is 0. The van der Waals surface area contributed by atoms with Crippen LogP contribution in [0.5, 0.6) is 0 Å². The van der Waals surface area contributed by atoms with Crippen molar-refractivity contribution >= 4 is 17.8 Å². The molecule has 3 rings (SSSR count). The fourth-order valence-corrected chi connectivity index (χ4v) is 3.24. The minimum absolute atomic E-state index is 0.0108. The van der Waals surface area contributed by atoms with Crippen LogP contribution in [0.3, 0.4) is 0 Å². The van der Waals surface area contributed by atoms with Crippen LogP contribution in [0.4, 0.5) is 0 Å². The fourth-order valence-electron chi connectivity index (χ4n) is 3.24. The van der Waals surface area contributed by atoms with E-state index in [2.05, 4.69) is 0 Å². The van der Waals surface area contributed by atoms with Crippen LogP contribution in [0.1, 0.15) is 46.6 Å². The molecule has 2 fully saturated rings. The zero-order valence-electron chi connectivity index (χ0n) is 12.9. The van der Waals surface area contributed by atoms with E-state index < -0.39 is 5.97 Å². The Labute approximate surface area is 133 Å². The minimum Gasteiger partial charge on any atom is -0.478 e. The summed E-state index contributed by atoms with van der Waals surface area (Å²) < 4.78 is 5.05.